The number of aromatic nitrogens is 2. The number of hydrogen-bond acceptors (Lipinski definition) is 2. The first-order chi connectivity index (χ1) is 7.40. The molecule has 2 heterocycles. The molecule has 1 aromatic rings. The summed E-state index contributed by atoms with van der Waals surface area (Å²) in [4.78, 5) is 6.55. The topological polar surface area (TPSA) is 21.1 Å². The number of aryl methyl sites for hydroxylation is 1. The van der Waals surface area contributed by atoms with Crippen molar-refractivity contribution >= 4 is 11.6 Å². The van der Waals surface area contributed by atoms with Crippen LogP contribution in [0.5, 0.6) is 0 Å². The summed E-state index contributed by atoms with van der Waals surface area (Å²) in [6.07, 6.45) is 9.49. The Kier molecular flexibility index (Phi) is 4.03. The monoisotopic (exact) mass is 227 g/mol. The molecule has 0 spiro atoms. The third-order valence-electron chi connectivity index (χ3n) is 3.10. The minimum atomic E-state index is 0.620. The maximum Gasteiger partial charge on any atom is 0.0945 e. The van der Waals surface area contributed by atoms with E-state index < -0.39 is 0 Å². The molecule has 3 nitrogen and oxygen atoms in total. The predicted molar refractivity (Wildman–Crippen MR) is 62.2 cm³/mol. The van der Waals surface area contributed by atoms with Crippen molar-refractivity contribution in [2.45, 2.75) is 31.8 Å². The molecule has 1 aliphatic rings. The van der Waals surface area contributed by atoms with Crippen LogP contribution in [0.3, 0.4) is 0 Å². The smallest absolute Gasteiger partial charge is 0.0945 e. The lowest BCUT2D eigenvalue weighted by Gasteiger charge is -2.22. The maximum atomic E-state index is 5.92. The van der Waals surface area contributed by atoms with Gasteiger partial charge in [0.05, 0.1) is 6.33 Å². The van der Waals surface area contributed by atoms with Crippen LogP contribution in [0.2, 0.25) is 0 Å². The van der Waals surface area contributed by atoms with Gasteiger partial charge in [0.2, 0.25) is 0 Å². The van der Waals surface area contributed by atoms with E-state index in [-0.39, 0.29) is 0 Å². The fraction of sp³-hybridized carbons (Fsp3) is 0.727. The summed E-state index contributed by atoms with van der Waals surface area (Å²) >= 11 is 5.92. The molecular weight excluding hydrogens is 210 g/mol. The van der Waals surface area contributed by atoms with Crippen LogP contribution in [-0.4, -0.2) is 39.5 Å². The molecule has 0 bridgehead atoms. The highest BCUT2D eigenvalue weighted by molar-refractivity contribution is 6.18. The van der Waals surface area contributed by atoms with Gasteiger partial charge >= 0.3 is 0 Å². The van der Waals surface area contributed by atoms with E-state index in [2.05, 4.69) is 14.5 Å². The van der Waals surface area contributed by atoms with Crippen LogP contribution in [0, 0.1) is 0 Å². The van der Waals surface area contributed by atoms with Crippen molar-refractivity contribution in [1.29, 1.82) is 0 Å². The molecule has 1 unspecified atom stereocenters. The lowest BCUT2D eigenvalue weighted by Crippen LogP contribution is -2.32. The third kappa shape index (κ3) is 2.95. The molecule has 0 amide bonds. The van der Waals surface area contributed by atoms with Gasteiger partial charge in [-0.2, -0.15) is 0 Å². The Bertz CT molecular complexity index is 273. The summed E-state index contributed by atoms with van der Waals surface area (Å²) in [5.41, 5.74) is 0. The second kappa shape index (κ2) is 5.52. The SMILES string of the molecule is ClCC1CCCN1CCCn1ccnc1. The van der Waals surface area contributed by atoms with Gasteiger partial charge in [0.1, 0.15) is 0 Å². The number of halogens is 1. The van der Waals surface area contributed by atoms with E-state index in [4.69, 9.17) is 11.6 Å². The summed E-state index contributed by atoms with van der Waals surface area (Å²) < 4.78 is 2.13. The second-order valence-electron chi connectivity index (χ2n) is 4.14. The van der Waals surface area contributed by atoms with Crippen molar-refractivity contribution in [2.24, 2.45) is 0 Å². The van der Waals surface area contributed by atoms with E-state index in [1.807, 2.05) is 18.7 Å². The standard InChI is InChI=1S/C11H18ClN3/c12-9-11-3-1-6-15(11)7-2-5-14-8-4-13-10-14/h4,8,10-11H,1-3,5-7,9H2. The van der Waals surface area contributed by atoms with Crippen molar-refractivity contribution < 1.29 is 0 Å². The van der Waals surface area contributed by atoms with Crippen LogP contribution < -0.4 is 0 Å². The molecule has 1 aromatic heterocycles. The highest BCUT2D eigenvalue weighted by Crippen LogP contribution is 2.18. The van der Waals surface area contributed by atoms with Gasteiger partial charge in [-0.15, -0.1) is 11.6 Å². The molecule has 2 rings (SSSR count). The van der Waals surface area contributed by atoms with E-state index >= 15 is 0 Å². The number of rotatable bonds is 5. The molecule has 1 fully saturated rings. The third-order valence-corrected chi connectivity index (χ3v) is 3.45. The van der Waals surface area contributed by atoms with E-state index in [1.165, 1.54) is 25.8 Å². The zero-order chi connectivity index (χ0) is 10.5. The summed E-state index contributed by atoms with van der Waals surface area (Å²) in [5.74, 6) is 0.783. The van der Waals surface area contributed by atoms with Crippen LogP contribution in [0.1, 0.15) is 19.3 Å². The first kappa shape index (κ1) is 11.0. The van der Waals surface area contributed by atoms with Gasteiger partial charge in [-0.3, -0.25) is 4.90 Å². The number of alkyl halides is 1. The molecule has 0 N–H and O–H groups in total. The Morgan fingerprint density at radius 3 is 3.07 bits per heavy atom. The molecule has 1 aliphatic heterocycles. The van der Waals surface area contributed by atoms with Crippen LogP contribution in [0.25, 0.3) is 0 Å². The minimum Gasteiger partial charge on any atom is -0.337 e. The summed E-state index contributed by atoms with van der Waals surface area (Å²) in [6, 6.07) is 0.620. The highest BCUT2D eigenvalue weighted by Gasteiger charge is 2.22. The Morgan fingerprint density at radius 1 is 1.40 bits per heavy atom. The average molecular weight is 228 g/mol. The molecule has 1 saturated heterocycles. The van der Waals surface area contributed by atoms with Gasteiger partial charge in [0, 0.05) is 37.4 Å². The van der Waals surface area contributed by atoms with Crippen molar-refractivity contribution in [3.63, 3.8) is 0 Å². The van der Waals surface area contributed by atoms with Crippen molar-refractivity contribution in [1.82, 2.24) is 14.5 Å². The number of imidazole rings is 1. The van der Waals surface area contributed by atoms with E-state index in [0.717, 1.165) is 19.0 Å². The predicted octanol–water partition coefficient (Wildman–Crippen LogP) is 1.98. The fourth-order valence-corrected chi connectivity index (χ4v) is 2.59. The van der Waals surface area contributed by atoms with Crippen molar-refractivity contribution in [3.8, 4) is 0 Å². The Morgan fingerprint density at radius 2 is 2.33 bits per heavy atom. The first-order valence-electron chi connectivity index (χ1n) is 5.66. The largest absolute Gasteiger partial charge is 0.337 e. The van der Waals surface area contributed by atoms with Gasteiger partial charge in [-0.05, 0) is 25.8 Å². The van der Waals surface area contributed by atoms with Crippen molar-refractivity contribution in [2.75, 3.05) is 19.0 Å². The Balaban J connectivity index is 1.69. The zero-order valence-corrected chi connectivity index (χ0v) is 9.73. The van der Waals surface area contributed by atoms with Crippen LogP contribution >= 0.6 is 11.6 Å². The van der Waals surface area contributed by atoms with E-state index in [0.29, 0.717) is 6.04 Å². The first-order valence-corrected chi connectivity index (χ1v) is 6.19. The average Bonchev–Trinajstić information content (AvgIpc) is 2.88. The number of nitrogens with zero attached hydrogens (tertiary/aromatic N) is 3. The quantitative estimate of drug-likeness (QED) is 0.718. The van der Waals surface area contributed by atoms with Gasteiger partial charge in [-0.1, -0.05) is 0 Å². The van der Waals surface area contributed by atoms with Crippen LogP contribution in [0.15, 0.2) is 18.7 Å². The number of hydrogen-bond donors (Lipinski definition) is 0. The van der Waals surface area contributed by atoms with Gasteiger partial charge in [0.25, 0.3) is 0 Å². The van der Waals surface area contributed by atoms with Crippen LogP contribution in [0.4, 0.5) is 0 Å². The van der Waals surface area contributed by atoms with E-state index in [9.17, 15) is 0 Å². The molecular formula is C11H18ClN3. The lowest BCUT2D eigenvalue weighted by atomic mass is 10.2. The molecule has 0 aromatic carbocycles. The number of likely N-dealkylation sites (tertiary alicyclic amines) is 1. The molecule has 4 heteroatoms. The molecule has 1 atom stereocenters. The fourth-order valence-electron chi connectivity index (χ4n) is 2.24. The van der Waals surface area contributed by atoms with Crippen molar-refractivity contribution in [3.05, 3.63) is 18.7 Å². The molecule has 0 aliphatic carbocycles. The highest BCUT2D eigenvalue weighted by atomic mass is 35.5. The molecule has 15 heavy (non-hydrogen) atoms. The maximum absolute atomic E-state index is 5.92. The zero-order valence-electron chi connectivity index (χ0n) is 8.98. The Labute approximate surface area is 96.0 Å². The second-order valence-corrected chi connectivity index (χ2v) is 4.45. The normalized spacial score (nSPS) is 22.3. The molecule has 0 saturated carbocycles. The Hall–Kier alpha value is -0.540. The lowest BCUT2D eigenvalue weighted by molar-refractivity contribution is 0.262. The summed E-state index contributed by atoms with van der Waals surface area (Å²) in [6.45, 7) is 3.45. The van der Waals surface area contributed by atoms with E-state index in [1.54, 1.807) is 0 Å². The molecule has 84 valence electrons. The summed E-state index contributed by atoms with van der Waals surface area (Å²) in [5, 5.41) is 0. The van der Waals surface area contributed by atoms with Gasteiger partial charge in [-0.25, -0.2) is 4.98 Å². The van der Waals surface area contributed by atoms with Crippen LogP contribution in [-0.2, 0) is 6.54 Å². The molecule has 0 radical (unpaired) electrons. The van der Waals surface area contributed by atoms with Gasteiger partial charge < -0.3 is 4.57 Å². The minimum absolute atomic E-state index is 0.620. The summed E-state index contributed by atoms with van der Waals surface area (Å²) in [7, 11) is 0. The van der Waals surface area contributed by atoms with Gasteiger partial charge in [0.15, 0.2) is 0 Å².